The maximum atomic E-state index is 9.22. The van der Waals surface area contributed by atoms with E-state index in [0.717, 1.165) is 27.2 Å². The molecule has 1 aliphatic carbocycles. The van der Waals surface area contributed by atoms with Gasteiger partial charge in [-0.05, 0) is 44.4 Å². The first-order valence-electron chi connectivity index (χ1n) is 7.85. The fraction of sp³-hybridized carbons (Fsp3) is 0.412. The molecule has 5 nitrogen and oxygen atoms in total. The number of aliphatic hydroxyl groups is 1. The van der Waals surface area contributed by atoms with Gasteiger partial charge in [0.15, 0.2) is 0 Å². The molecular weight excluding hydrogens is 356 g/mol. The molecule has 0 unspecified atom stereocenters. The van der Waals surface area contributed by atoms with Gasteiger partial charge in [-0.3, -0.25) is 0 Å². The van der Waals surface area contributed by atoms with Gasteiger partial charge in [-0.15, -0.1) is 0 Å². The molecule has 0 amide bonds. The Kier molecular flexibility index (Phi) is 4.82. The smallest absolute Gasteiger partial charge is 0.225 e. The zero-order valence-electron chi connectivity index (χ0n) is 13.3. The molecule has 2 aromatic rings. The first-order valence-corrected chi connectivity index (χ1v) is 8.64. The van der Waals surface area contributed by atoms with Gasteiger partial charge < -0.3 is 15.7 Å². The van der Waals surface area contributed by atoms with Crippen LogP contribution in [-0.2, 0) is 0 Å². The largest absolute Gasteiger partial charge is 0.394 e. The molecule has 0 saturated heterocycles. The molecule has 122 valence electrons. The highest BCUT2D eigenvalue weighted by Crippen LogP contribution is 2.40. The Morgan fingerprint density at radius 2 is 2.13 bits per heavy atom. The normalized spacial score (nSPS) is 15.3. The van der Waals surface area contributed by atoms with E-state index < -0.39 is 0 Å². The van der Waals surface area contributed by atoms with Gasteiger partial charge in [0.05, 0.1) is 12.3 Å². The Bertz CT molecular complexity index is 703. The second-order valence-electron chi connectivity index (χ2n) is 6.04. The second-order valence-corrected chi connectivity index (χ2v) is 6.90. The minimum Gasteiger partial charge on any atom is -0.394 e. The van der Waals surface area contributed by atoms with Crippen LogP contribution in [0.25, 0.3) is 0 Å². The van der Waals surface area contributed by atoms with E-state index in [1.165, 1.54) is 12.8 Å². The molecule has 1 aromatic carbocycles. The van der Waals surface area contributed by atoms with Crippen LogP contribution in [0.5, 0.6) is 0 Å². The highest BCUT2D eigenvalue weighted by molar-refractivity contribution is 9.10. The van der Waals surface area contributed by atoms with Gasteiger partial charge in [0.25, 0.3) is 0 Å². The Balaban J connectivity index is 1.89. The number of nitrogens with one attached hydrogen (secondary N) is 2. The Morgan fingerprint density at radius 1 is 1.35 bits per heavy atom. The van der Waals surface area contributed by atoms with Crippen molar-refractivity contribution in [1.82, 2.24) is 9.97 Å². The van der Waals surface area contributed by atoms with Crippen LogP contribution in [0.4, 0.5) is 17.5 Å². The maximum Gasteiger partial charge on any atom is 0.225 e. The van der Waals surface area contributed by atoms with Gasteiger partial charge >= 0.3 is 0 Å². The SMILES string of the molecule is Cc1c(Br)cccc1Nc1cc(C2CC2)nc(N[C@@H](C)CO)n1. The predicted octanol–water partition coefficient (Wildman–Crippen LogP) is 3.96. The zero-order chi connectivity index (χ0) is 16.4. The number of hydrogen-bond acceptors (Lipinski definition) is 5. The van der Waals surface area contributed by atoms with E-state index in [2.05, 4.69) is 43.5 Å². The molecule has 0 spiro atoms. The van der Waals surface area contributed by atoms with Gasteiger partial charge in [-0.25, -0.2) is 4.98 Å². The van der Waals surface area contributed by atoms with Crippen molar-refractivity contribution in [3.63, 3.8) is 0 Å². The number of rotatable bonds is 6. The van der Waals surface area contributed by atoms with E-state index in [9.17, 15) is 5.11 Å². The molecule has 1 heterocycles. The van der Waals surface area contributed by atoms with Crippen LogP contribution in [0.3, 0.4) is 0 Å². The summed E-state index contributed by atoms with van der Waals surface area (Å²) in [5.74, 6) is 1.87. The van der Waals surface area contributed by atoms with Crippen molar-refractivity contribution in [3.05, 3.63) is 40.0 Å². The molecular formula is C17H21BrN4O. The maximum absolute atomic E-state index is 9.22. The van der Waals surface area contributed by atoms with Crippen LogP contribution in [0.15, 0.2) is 28.7 Å². The molecule has 3 rings (SSSR count). The van der Waals surface area contributed by atoms with Crippen LogP contribution < -0.4 is 10.6 Å². The lowest BCUT2D eigenvalue weighted by Crippen LogP contribution is -2.21. The lowest BCUT2D eigenvalue weighted by Gasteiger charge is -2.15. The summed E-state index contributed by atoms with van der Waals surface area (Å²) in [6.45, 7) is 4.01. The van der Waals surface area contributed by atoms with E-state index in [4.69, 9.17) is 0 Å². The lowest BCUT2D eigenvalue weighted by atomic mass is 10.2. The van der Waals surface area contributed by atoms with E-state index in [1.807, 2.05) is 31.2 Å². The fourth-order valence-electron chi connectivity index (χ4n) is 2.33. The number of nitrogens with zero attached hydrogens (tertiary/aromatic N) is 2. The summed E-state index contributed by atoms with van der Waals surface area (Å²) < 4.78 is 1.06. The van der Waals surface area contributed by atoms with Gasteiger partial charge in [-0.1, -0.05) is 22.0 Å². The van der Waals surface area contributed by atoms with Gasteiger partial charge in [0.2, 0.25) is 5.95 Å². The van der Waals surface area contributed by atoms with Gasteiger partial charge in [0.1, 0.15) is 5.82 Å². The number of anilines is 3. The van der Waals surface area contributed by atoms with Crippen molar-refractivity contribution in [2.75, 3.05) is 17.2 Å². The second kappa shape index (κ2) is 6.84. The van der Waals surface area contributed by atoms with E-state index in [0.29, 0.717) is 11.9 Å². The average molecular weight is 377 g/mol. The van der Waals surface area contributed by atoms with Gasteiger partial charge in [-0.2, -0.15) is 4.98 Å². The molecule has 1 fully saturated rings. The lowest BCUT2D eigenvalue weighted by molar-refractivity contribution is 0.281. The average Bonchev–Trinajstić information content (AvgIpc) is 3.36. The van der Waals surface area contributed by atoms with Crippen molar-refractivity contribution in [1.29, 1.82) is 0 Å². The number of aromatic nitrogens is 2. The van der Waals surface area contributed by atoms with Crippen LogP contribution in [0.2, 0.25) is 0 Å². The van der Waals surface area contributed by atoms with E-state index in [1.54, 1.807) is 0 Å². The minimum absolute atomic E-state index is 0.0461. The highest BCUT2D eigenvalue weighted by atomic mass is 79.9. The monoisotopic (exact) mass is 376 g/mol. The molecule has 0 aliphatic heterocycles. The van der Waals surface area contributed by atoms with Crippen LogP contribution in [-0.4, -0.2) is 27.7 Å². The third-order valence-corrected chi connectivity index (χ3v) is 4.78. The summed E-state index contributed by atoms with van der Waals surface area (Å²) in [4.78, 5) is 9.12. The molecule has 3 N–H and O–H groups in total. The first kappa shape index (κ1) is 16.2. The van der Waals surface area contributed by atoms with E-state index in [-0.39, 0.29) is 12.6 Å². The van der Waals surface area contributed by atoms with Gasteiger partial charge in [0, 0.05) is 28.2 Å². The number of benzene rings is 1. The first-order chi connectivity index (χ1) is 11.1. The Hall–Kier alpha value is -1.66. The van der Waals surface area contributed by atoms with Crippen LogP contribution >= 0.6 is 15.9 Å². The molecule has 6 heteroatoms. The molecule has 1 aliphatic rings. The third kappa shape index (κ3) is 4.00. The third-order valence-electron chi connectivity index (χ3n) is 3.92. The van der Waals surface area contributed by atoms with Crippen molar-refractivity contribution in [2.45, 2.75) is 38.6 Å². The fourth-order valence-corrected chi connectivity index (χ4v) is 2.70. The quantitative estimate of drug-likeness (QED) is 0.711. The van der Waals surface area contributed by atoms with Crippen molar-refractivity contribution in [2.24, 2.45) is 0 Å². The summed E-state index contributed by atoms with van der Waals surface area (Å²) in [6, 6.07) is 7.99. The molecule has 1 atom stereocenters. The molecule has 0 bridgehead atoms. The summed E-state index contributed by atoms with van der Waals surface area (Å²) in [5.41, 5.74) is 3.21. The standard InChI is InChI=1S/C17H21BrN4O/c1-10(9-23)19-17-21-15(12-6-7-12)8-16(22-17)20-14-5-3-4-13(18)11(14)2/h3-5,8,10,12,23H,6-7,9H2,1-2H3,(H2,19,20,21,22)/t10-/m0/s1. The summed E-state index contributed by atoms with van der Waals surface area (Å²) in [5, 5.41) is 15.7. The molecule has 1 aromatic heterocycles. The number of halogens is 1. The summed E-state index contributed by atoms with van der Waals surface area (Å²) >= 11 is 3.55. The number of aliphatic hydroxyl groups excluding tert-OH is 1. The van der Waals surface area contributed by atoms with E-state index >= 15 is 0 Å². The predicted molar refractivity (Wildman–Crippen MR) is 96.3 cm³/mol. The molecule has 0 radical (unpaired) electrons. The van der Waals surface area contributed by atoms with Crippen LogP contribution in [0, 0.1) is 6.92 Å². The van der Waals surface area contributed by atoms with Crippen molar-refractivity contribution in [3.8, 4) is 0 Å². The Labute approximate surface area is 144 Å². The van der Waals surface area contributed by atoms with Crippen molar-refractivity contribution < 1.29 is 5.11 Å². The molecule has 1 saturated carbocycles. The van der Waals surface area contributed by atoms with Crippen LogP contribution in [0.1, 0.15) is 36.9 Å². The Morgan fingerprint density at radius 3 is 2.83 bits per heavy atom. The molecule has 23 heavy (non-hydrogen) atoms. The zero-order valence-corrected chi connectivity index (χ0v) is 14.9. The minimum atomic E-state index is -0.0788. The number of hydrogen-bond donors (Lipinski definition) is 3. The highest BCUT2D eigenvalue weighted by Gasteiger charge is 2.26. The topological polar surface area (TPSA) is 70.1 Å². The summed E-state index contributed by atoms with van der Waals surface area (Å²) in [6.07, 6.45) is 2.36. The van der Waals surface area contributed by atoms with Crippen molar-refractivity contribution >= 4 is 33.4 Å². The summed E-state index contributed by atoms with van der Waals surface area (Å²) in [7, 11) is 0.